The number of amides is 1. The number of carbonyl (C=O) groups excluding carboxylic acids is 1. The molecule has 150 valence electrons. The molecule has 3 rings (SSSR count). The van der Waals surface area contributed by atoms with Crippen LogP contribution in [-0.4, -0.2) is 38.9 Å². The molecule has 1 atom stereocenters. The first-order valence-corrected chi connectivity index (χ1v) is 11.6. The number of carbonyl (C=O) groups is 1. The number of benzene rings is 2. The highest BCUT2D eigenvalue weighted by Gasteiger charge is 2.30. The van der Waals surface area contributed by atoms with E-state index in [-0.39, 0.29) is 17.3 Å². The lowest BCUT2D eigenvalue weighted by Gasteiger charge is -2.33. The molecule has 1 saturated heterocycles. The van der Waals surface area contributed by atoms with Crippen LogP contribution in [-0.2, 0) is 14.8 Å². The third-order valence-electron chi connectivity index (χ3n) is 5.01. The molecule has 1 heterocycles. The van der Waals surface area contributed by atoms with E-state index in [2.05, 4.69) is 22.9 Å². The lowest BCUT2D eigenvalue weighted by atomic mass is 10.0. The first-order valence-electron chi connectivity index (χ1n) is 9.40. The summed E-state index contributed by atoms with van der Waals surface area (Å²) in [5.41, 5.74) is 1.45. The zero-order chi connectivity index (χ0) is 20.3. The Balaban J connectivity index is 1.94. The maximum absolute atomic E-state index is 13.4. The number of hydrogen-bond donors (Lipinski definition) is 0. The summed E-state index contributed by atoms with van der Waals surface area (Å²) in [7, 11) is -3.86. The van der Waals surface area contributed by atoms with E-state index in [0.29, 0.717) is 24.7 Å². The van der Waals surface area contributed by atoms with E-state index in [1.165, 1.54) is 4.31 Å². The molecule has 0 N–H and O–H groups in total. The van der Waals surface area contributed by atoms with Crippen molar-refractivity contribution in [2.45, 2.75) is 31.6 Å². The Bertz CT molecular complexity index is 927. The number of hydrogen-bond acceptors (Lipinski definition) is 3. The number of anilines is 1. The Morgan fingerprint density at radius 3 is 2.39 bits per heavy atom. The second-order valence-corrected chi connectivity index (χ2v) is 10.2. The van der Waals surface area contributed by atoms with Gasteiger partial charge in [0.05, 0.1) is 10.6 Å². The van der Waals surface area contributed by atoms with E-state index in [1.54, 1.807) is 53.4 Å². The van der Waals surface area contributed by atoms with E-state index in [1.807, 2.05) is 6.92 Å². The molecule has 0 saturated carbocycles. The van der Waals surface area contributed by atoms with Gasteiger partial charge in [0.15, 0.2) is 0 Å². The predicted octanol–water partition coefficient (Wildman–Crippen LogP) is 4.21. The first kappa shape index (κ1) is 20.9. The van der Waals surface area contributed by atoms with Crippen molar-refractivity contribution in [1.29, 1.82) is 0 Å². The molecule has 2 aromatic carbocycles. The number of nitrogens with zero attached hydrogens (tertiary/aromatic N) is 2. The Hall–Kier alpha value is -1.86. The van der Waals surface area contributed by atoms with Gasteiger partial charge in [0.2, 0.25) is 5.91 Å². The summed E-state index contributed by atoms with van der Waals surface area (Å²) in [5.74, 6) is 0.276. The molecule has 2 aromatic rings. The van der Waals surface area contributed by atoms with Crippen molar-refractivity contribution < 1.29 is 13.2 Å². The fraction of sp³-hybridized carbons (Fsp3) is 0.381. The minimum Gasteiger partial charge on any atom is -0.341 e. The summed E-state index contributed by atoms with van der Waals surface area (Å²) in [6.07, 6.45) is 2.05. The summed E-state index contributed by atoms with van der Waals surface area (Å²) in [6, 6.07) is 13.7. The largest absolute Gasteiger partial charge is 0.341 e. The molecule has 1 aliphatic rings. The third-order valence-corrected chi connectivity index (χ3v) is 7.33. The van der Waals surface area contributed by atoms with E-state index < -0.39 is 10.0 Å². The van der Waals surface area contributed by atoms with Crippen LogP contribution in [0.1, 0.15) is 25.3 Å². The van der Waals surface area contributed by atoms with Crippen LogP contribution in [0.5, 0.6) is 0 Å². The second kappa shape index (κ2) is 8.66. The SMILES string of the molecule is Cc1ccc(S(=O)(=O)N(CC(=O)N2CCCC(C)C2)c2ccc(Br)cc2)cc1. The van der Waals surface area contributed by atoms with E-state index >= 15 is 0 Å². The Morgan fingerprint density at radius 2 is 1.79 bits per heavy atom. The molecule has 0 spiro atoms. The molecule has 28 heavy (non-hydrogen) atoms. The number of likely N-dealkylation sites (tertiary alicyclic amines) is 1. The monoisotopic (exact) mass is 464 g/mol. The van der Waals surface area contributed by atoms with Crippen LogP contribution in [0, 0.1) is 12.8 Å². The van der Waals surface area contributed by atoms with Gasteiger partial charge in [-0.15, -0.1) is 0 Å². The smallest absolute Gasteiger partial charge is 0.264 e. The molecule has 7 heteroatoms. The highest BCUT2D eigenvalue weighted by Crippen LogP contribution is 2.26. The van der Waals surface area contributed by atoms with Crippen LogP contribution in [0.3, 0.4) is 0 Å². The van der Waals surface area contributed by atoms with Crippen LogP contribution >= 0.6 is 15.9 Å². The van der Waals surface area contributed by atoms with E-state index in [4.69, 9.17) is 0 Å². The number of piperidine rings is 1. The summed E-state index contributed by atoms with van der Waals surface area (Å²) in [4.78, 5) is 14.9. The predicted molar refractivity (Wildman–Crippen MR) is 115 cm³/mol. The average Bonchev–Trinajstić information content (AvgIpc) is 2.67. The van der Waals surface area contributed by atoms with Crippen LogP contribution in [0.15, 0.2) is 57.9 Å². The van der Waals surface area contributed by atoms with Gasteiger partial charge in [0.1, 0.15) is 6.54 Å². The molecule has 1 unspecified atom stereocenters. The third kappa shape index (κ3) is 4.75. The van der Waals surface area contributed by atoms with Crippen LogP contribution < -0.4 is 4.31 Å². The van der Waals surface area contributed by atoms with Gasteiger partial charge in [-0.2, -0.15) is 0 Å². The van der Waals surface area contributed by atoms with Crippen molar-refractivity contribution in [3.8, 4) is 0 Å². The molecule has 0 radical (unpaired) electrons. The lowest BCUT2D eigenvalue weighted by molar-refractivity contribution is -0.131. The maximum Gasteiger partial charge on any atom is 0.264 e. The second-order valence-electron chi connectivity index (χ2n) is 7.39. The van der Waals surface area contributed by atoms with Gasteiger partial charge in [0, 0.05) is 17.6 Å². The molecule has 1 aliphatic heterocycles. The summed E-state index contributed by atoms with van der Waals surface area (Å²) in [6.45, 7) is 5.18. The number of rotatable bonds is 5. The molecule has 0 aliphatic carbocycles. The Morgan fingerprint density at radius 1 is 1.14 bits per heavy atom. The van der Waals surface area contributed by atoms with Gasteiger partial charge in [-0.25, -0.2) is 8.42 Å². The Labute approximate surface area is 175 Å². The molecule has 0 aromatic heterocycles. The fourth-order valence-electron chi connectivity index (χ4n) is 3.40. The quantitative estimate of drug-likeness (QED) is 0.665. The highest BCUT2D eigenvalue weighted by atomic mass is 79.9. The minimum absolute atomic E-state index is 0.162. The minimum atomic E-state index is -3.86. The lowest BCUT2D eigenvalue weighted by Crippen LogP contribution is -2.46. The van der Waals surface area contributed by atoms with Gasteiger partial charge in [-0.05, 0) is 62.1 Å². The zero-order valence-corrected chi connectivity index (χ0v) is 18.5. The molecule has 0 bridgehead atoms. The van der Waals surface area contributed by atoms with Crippen molar-refractivity contribution >= 4 is 37.5 Å². The number of sulfonamides is 1. The van der Waals surface area contributed by atoms with E-state index in [0.717, 1.165) is 22.9 Å². The zero-order valence-electron chi connectivity index (χ0n) is 16.1. The summed E-state index contributed by atoms with van der Waals surface area (Å²) < 4.78 is 28.8. The van der Waals surface area contributed by atoms with Crippen LogP contribution in [0.2, 0.25) is 0 Å². The summed E-state index contributed by atoms with van der Waals surface area (Å²) in [5, 5.41) is 0. The van der Waals surface area contributed by atoms with Crippen molar-refractivity contribution in [2.24, 2.45) is 5.92 Å². The first-order chi connectivity index (χ1) is 13.3. The Kier molecular flexibility index (Phi) is 6.45. The van der Waals surface area contributed by atoms with Crippen molar-refractivity contribution in [3.05, 3.63) is 58.6 Å². The summed E-state index contributed by atoms with van der Waals surface area (Å²) >= 11 is 3.37. The molecule has 1 amide bonds. The van der Waals surface area contributed by atoms with Crippen LogP contribution in [0.4, 0.5) is 5.69 Å². The van der Waals surface area contributed by atoms with E-state index in [9.17, 15) is 13.2 Å². The normalized spacial score (nSPS) is 17.4. The van der Waals surface area contributed by atoms with Gasteiger partial charge in [-0.3, -0.25) is 9.10 Å². The number of aryl methyl sites for hydroxylation is 1. The number of halogens is 1. The van der Waals surface area contributed by atoms with Crippen molar-refractivity contribution in [3.63, 3.8) is 0 Å². The van der Waals surface area contributed by atoms with Gasteiger partial charge in [-0.1, -0.05) is 40.5 Å². The van der Waals surface area contributed by atoms with Gasteiger partial charge in [0.25, 0.3) is 10.0 Å². The molecule has 1 fully saturated rings. The van der Waals surface area contributed by atoms with Crippen molar-refractivity contribution in [1.82, 2.24) is 4.90 Å². The fourth-order valence-corrected chi connectivity index (χ4v) is 5.08. The van der Waals surface area contributed by atoms with Gasteiger partial charge < -0.3 is 4.90 Å². The molecule has 5 nitrogen and oxygen atoms in total. The van der Waals surface area contributed by atoms with Gasteiger partial charge >= 0.3 is 0 Å². The average molecular weight is 465 g/mol. The van der Waals surface area contributed by atoms with Crippen LogP contribution in [0.25, 0.3) is 0 Å². The maximum atomic E-state index is 13.4. The topological polar surface area (TPSA) is 57.7 Å². The molecular weight excluding hydrogens is 440 g/mol. The van der Waals surface area contributed by atoms with Crippen molar-refractivity contribution in [2.75, 3.05) is 23.9 Å². The standard InChI is InChI=1S/C21H25BrN2O3S/c1-16-5-11-20(12-6-16)28(26,27)24(19-9-7-18(22)8-10-19)15-21(25)23-13-3-4-17(2)14-23/h5-12,17H,3-4,13-15H2,1-2H3. The molecular formula is C21H25BrN2O3S. The highest BCUT2D eigenvalue weighted by molar-refractivity contribution is 9.10.